The number of aliphatic hydroxyl groups excluding tert-OH is 1. The Kier molecular flexibility index (Phi) is 8.03. The molecular formula is C29H31ClFN7O5. The summed E-state index contributed by atoms with van der Waals surface area (Å²) in [5, 5.41) is 20.6. The maximum Gasteiger partial charge on any atom is 0.278 e. The van der Waals surface area contributed by atoms with E-state index in [1.54, 1.807) is 12.3 Å². The lowest BCUT2D eigenvalue weighted by molar-refractivity contribution is -0.125. The van der Waals surface area contributed by atoms with Gasteiger partial charge < -0.3 is 25.2 Å². The van der Waals surface area contributed by atoms with Gasteiger partial charge in [-0.3, -0.25) is 14.2 Å². The van der Waals surface area contributed by atoms with Gasteiger partial charge in [-0.2, -0.15) is 5.10 Å². The van der Waals surface area contributed by atoms with Crippen LogP contribution >= 0.6 is 11.6 Å². The average molecular weight is 612 g/mol. The summed E-state index contributed by atoms with van der Waals surface area (Å²) in [5.41, 5.74) is 1.04. The highest BCUT2D eigenvalue weighted by atomic mass is 35.5. The van der Waals surface area contributed by atoms with Crippen molar-refractivity contribution in [2.75, 3.05) is 19.0 Å². The Morgan fingerprint density at radius 3 is 2.74 bits per heavy atom. The van der Waals surface area contributed by atoms with Crippen LogP contribution in [-0.2, 0) is 9.53 Å². The zero-order valence-corrected chi connectivity index (χ0v) is 24.3. The number of ether oxygens (including phenoxy) is 2. The second kappa shape index (κ2) is 11.9. The summed E-state index contributed by atoms with van der Waals surface area (Å²) in [6.07, 6.45) is 8.86. The van der Waals surface area contributed by atoms with Crippen LogP contribution in [0.15, 0.2) is 47.8 Å². The van der Waals surface area contributed by atoms with Crippen LogP contribution in [0.25, 0.3) is 16.8 Å². The molecule has 5 heterocycles. The van der Waals surface area contributed by atoms with Gasteiger partial charge in [0.25, 0.3) is 5.56 Å². The van der Waals surface area contributed by atoms with Crippen molar-refractivity contribution in [3.8, 4) is 17.0 Å². The Morgan fingerprint density at radius 2 is 2.02 bits per heavy atom. The first-order chi connectivity index (χ1) is 20.7. The first-order valence-corrected chi connectivity index (χ1v) is 14.4. The number of nitrogens with one attached hydrogen (secondary N) is 2. The topological polar surface area (TPSA) is 145 Å². The summed E-state index contributed by atoms with van der Waals surface area (Å²) in [7, 11) is 1.39. The molecule has 2 aliphatic heterocycles. The molecule has 43 heavy (non-hydrogen) atoms. The largest absolute Gasteiger partial charge is 0.497 e. The van der Waals surface area contributed by atoms with Gasteiger partial charge in [-0.25, -0.2) is 18.9 Å². The van der Waals surface area contributed by atoms with Crippen molar-refractivity contribution in [2.24, 2.45) is 0 Å². The maximum absolute atomic E-state index is 14.0. The molecule has 3 N–H and O–H groups in total. The van der Waals surface area contributed by atoms with Gasteiger partial charge in [-0.15, -0.1) is 0 Å². The zero-order valence-electron chi connectivity index (χ0n) is 23.5. The van der Waals surface area contributed by atoms with E-state index in [2.05, 4.69) is 25.7 Å². The Bertz CT molecular complexity index is 1720. The first kappa shape index (κ1) is 29.0. The Labute approximate surface area is 250 Å². The Balaban J connectivity index is 1.22. The van der Waals surface area contributed by atoms with E-state index in [4.69, 9.17) is 21.1 Å². The average Bonchev–Trinajstić information content (AvgIpc) is 3.59. The van der Waals surface area contributed by atoms with Crippen LogP contribution in [0.4, 0.5) is 10.3 Å². The monoisotopic (exact) mass is 611 g/mol. The number of hydrogen-bond donors (Lipinski definition) is 3. The second-order valence-electron chi connectivity index (χ2n) is 10.9. The lowest BCUT2D eigenvalue weighted by Crippen LogP contribution is -2.39. The number of aliphatic hydroxyl groups is 1. The van der Waals surface area contributed by atoms with Crippen LogP contribution in [0.3, 0.4) is 0 Å². The third kappa shape index (κ3) is 5.92. The minimum Gasteiger partial charge on any atom is -0.497 e. The number of anilines is 1. The molecule has 2 bridgehead atoms. The number of rotatable bonds is 9. The smallest absolute Gasteiger partial charge is 0.278 e. The molecule has 2 fully saturated rings. The molecule has 4 aromatic rings. The predicted octanol–water partition coefficient (Wildman–Crippen LogP) is 3.29. The van der Waals surface area contributed by atoms with E-state index in [0.29, 0.717) is 27.8 Å². The van der Waals surface area contributed by atoms with E-state index >= 15 is 0 Å². The molecular weight excluding hydrogens is 581 g/mol. The minimum atomic E-state index is -0.999. The van der Waals surface area contributed by atoms with Gasteiger partial charge in [0.05, 0.1) is 48.9 Å². The number of aromatic nitrogens is 5. The fourth-order valence-electron chi connectivity index (χ4n) is 5.76. The zero-order chi connectivity index (χ0) is 30.2. The SMILES string of the molecule is COc1cc(F)cc([C@@H](CO)NC(=O)[C@@H](C)n2cnn3cc(-c4nc(NC5CC6CCC(C5)O6)ncc4Cl)cc3c2=O)c1. The Morgan fingerprint density at radius 1 is 1.26 bits per heavy atom. The van der Waals surface area contributed by atoms with Gasteiger partial charge in [0.15, 0.2) is 0 Å². The molecule has 12 nitrogen and oxygen atoms in total. The number of amides is 1. The van der Waals surface area contributed by atoms with E-state index in [1.807, 2.05) is 0 Å². The minimum absolute atomic E-state index is 0.197. The van der Waals surface area contributed by atoms with Crippen LogP contribution in [0.2, 0.25) is 5.02 Å². The highest BCUT2D eigenvalue weighted by Gasteiger charge is 2.35. The van der Waals surface area contributed by atoms with E-state index in [9.17, 15) is 19.1 Å². The normalized spacial score (nSPS) is 21.0. The highest BCUT2D eigenvalue weighted by molar-refractivity contribution is 6.32. The molecule has 6 rings (SSSR count). The predicted molar refractivity (Wildman–Crippen MR) is 156 cm³/mol. The van der Waals surface area contributed by atoms with Gasteiger partial charge in [0.2, 0.25) is 11.9 Å². The van der Waals surface area contributed by atoms with Gasteiger partial charge >= 0.3 is 0 Å². The van der Waals surface area contributed by atoms with E-state index < -0.39 is 36.0 Å². The van der Waals surface area contributed by atoms with Crippen molar-refractivity contribution in [3.63, 3.8) is 0 Å². The number of carbonyl (C=O) groups excluding carboxylic acids is 1. The second-order valence-corrected chi connectivity index (χ2v) is 11.3. The van der Waals surface area contributed by atoms with Gasteiger partial charge in [-0.05, 0) is 56.4 Å². The summed E-state index contributed by atoms with van der Waals surface area (Å²) in [6.45, 7) is 1.03. The van der Waals surface area contributed by atoms with Gasteiger partial charge in [-0.1, -0.05) is 11.6 Å². The molecule has 0 aliphatic carbocycles. The molecule has 3 aromatic heterocycles. The molecule has 0 saturated carbocycles. The Hall–Kier alpha value is -4.07. The standard InChI is InChI=1S/C29H31ClFN7O5/c1-15(27(40)35-24(13-39)16-5-18(31)8-22(6-16)42-2)37-14-33-38-12-17(7-25(38)28(37)41)26-23(30)11-32-29(36-26)34-19-9-20-3-4-21(10-19)43-20/h5-8,11-12,14-15,19-21,24,39H,3-4,9-10,13H2,1-2H3,(H,35,40)(H,32,34,36)/t15-,19?,20?,21?,24-/m1/s1. The third-order valence-electron chi connectivity index (χ3n) is 8.02. The lowest BCUT2D eigenvalue weighted by atomic mass is 10.0. The number of halogens is 2. The molecule has 1 aromatic carbocycles. The summed E-state index contributed by atoms with van der Waals surface area (Å²) in [5.74, 6) is -0.468. The van der Waals surface area contributed by atoms with Crippen molar-refractivity contribution in [2.45, 2.75) is 62.9 Å². The van der Waals surface area contributed by atoms with E-state index in [0.717, 1.165) is 25.7 Å². The van der Waals surface area contributed by atoms with Crippen molar-refractivity contribution < 1.29 is 23.8 Å². The number of hydrogen-bond acceptors (Lipinski definition) is 9. The summed E-state index contributed by atoms with van der Waals surface area (Å²) in [4.78, 5) is 35.6. The quantitative estimate of drug-likeness (QED) is 0.260. The summed E-state index contributed by atoms with van der Waals surface area (Å²) in [6, 6.07) is 3.79. The van der Waals surface area contributed by atoms with Crippen molar-refractivity contribution in [1.29, 1.82) is 0 Å². The number of fused-ring (bicyclic) bond motifs is 3. The first-order valence-electron chi connectivity index (χ1n) is 14.0. The number of nitrogens with zero attached hydrogens (tertiary/aromatic N) is 5. The van der Waals surface area contributed by atoms with Gasteiger partial charge in [0.1, 0.15) is 29.5 Å². The summed E-state index contributed by atoms with van der Waals surface area (Å²) < 4.78 is 27.6. The molecule has 4 atom stereocenters. The lowest BCUT2D eigenvalue weighted by Gasteiger charge is -2.29. The van der Waals surface area contributed by atoms with Crippen LogP contribution in [0.1, 0.15) is 50.3 Å². The van der Waals surface area contributed by atoms with Crippen LogP contribution in [0.5, 0.6) is 5.75 Å². The van der Waals surface area contributed by atoms with E-state index in [1.165, 1.54) is 53.8 Å². The van der Waals surface area contributed by atoms with Crippen molar-refractivity contribution in [1.82, 2.24) is 29.5 Å². The highest BCUT2D eigenvalue weighted by Crippen LogP contribution is 2.34. The van der Waals surface area contributed by atoms with Crippen molar-refractivity contribution in [3.05, 3.63) is 69.7 Å². The molecule has 1 amide bonds. The molecule has 0 radical (unpaired) electrons. The van der Waals surface area contributed by atoms with Gasteiger partial charge in [0, 0.05) is 23.9 Å². The number of benzene rings is 1. The number of methoxy groups -OCH3 is 1. The summed E-state index contributed by atoms with van der Waals surface area (Å²) >= 11 is 6.47. The molecule has 2 unspecified atom stereocenters. The molecule has 0 spiro atoms. The number of carbonyl (C=O) groups is 1. The molecule has 2 saturated heterocycles. The van der Waals surface area contributed by atoms with Crippen LogP contribution in [-0.4, -0.2) is 67.1 Å². The van der Waals surface area contributed by atoms with Crippen molar-refractivity contribution >= 4 is 29.0 Å². The third-order valence-corrected chi connectivity index (χ3v) is 8.30. The fraction of sp³-hybridized carbons (Fsp3) is 0.414. The molecule has 2 aliphatic rings. The molecule has 226 valence electrons. The molecule has 14 heteroatoms. The van der Waals surface area contributed by atoms with E-state index in [-0.39, 0.29) is 29.5 Å². The van der Waals surface area contributed by atoms with Crippen LogP contribution < -0.4 is 20.9 Å². The maximum atomic E-state index is 14.0. The van der Waals surface area contributed by atoms with Crippen LogP contribution in [0, 0.1) is 5.82 Å². The fourth-order valence-corrected chi connectivity index (χ4v) is 5.96.